The Labute approximate surface area is 152 Å². The van der Waals surface area contributed by atoms with E-state index in [1.54, 1.807) is 0 Å². The maximum Gasteiger partial charge on any atom is 0.326 e. The van der Waals surface area contributed by atoms with E-state index in [1.807, 2.05) is 48.5 Å². The second kappa shape index (κ2) is 8.80. The summed E-state index contributed by atoms with van der Waals surface area (Å²) in [6.07, 6.45) is 0.227. The first-order valence-corrected chi connectivity index (χ1v) is 8.27. The molecule has 136 valence electrons. The van der Waals surface area contributed by atoms with E-state index in [2.05, 4.69) is 10.6 Å². The standard InChI is InChI=1S/C20H22N2O4/c1-13(23)21-12-16-5-9-18(10-6-16)17-7-3-15(4-8-17)11-19(20(25)26)22-14(2)24/h3-10,19H,11-12H2,1-2H3,(H,21,23)(H,22,24)(H,25,26)/t19-/m0/s1. The molecule has 6 heteroatoms. The monoisotopic (exact) mass is 354 g/mol. The van der Waals surface area contributed by atoms with Crippen LogP contribution >= 0.6 is 0 Å². The lowest BCUT2D eigenvalue weighted by Crippen LogP contribution is -2.41. The summed E-state index contributed by atoms with van der Waals surface area (Å²) in [5, 5.41) is 14.4. The van der Waals surface area contributed by atoms with Crippen LogP contribution in [0.5, 0.6) is 0 Å². The predicted molar refractivity (Wildman–Crippen MR) is 98.3 cm³/mol. The molecule has 6 nitrogen and oxygen atoms in total. The molecule has 0 saturated carbocycles. The molecule has 0 aliphatic carbocycles. The van der Waals surface area contributed by atoms with Crippen molar-refractivity contribution in [2.75, 3.05) is 0 Å². The summed E-state index contributed by atoms with van der Waals surface area (Å²) in [6, 6.07) is 14.5. The maximum absolute atomic E-state index is 11.2. The van der Waals surface area contributed by atoms with Gasteiger partial charge in [-0.05, 0) is 22.3 Å². The Hall–Kier alpha value is -3.15. The van der Waals surface area contributed by atoms with Crippen LogP contribution in [0.15, 0.2) is 48.5 Å². The van der Waals surface area contributed by atoms with Crippen LogP contribution in [0.1, 0.15) is 25.0 Å². The Kier molecular flexibility index (Phi) is 6.49. The van der Waals surface area contributed by atoms with Gasteiger partial charge in [-0.25, -0.2) is 4.79 Å². The number of benzene rings is 2. The summed E-state index contributed by atoms with van der Waals surface area (Å²) in [5.41, 5.74) is 3.88. The summed E-state index contributed by atoms with van der Waals surface area (Å²) < 4.78 is 0. The van der Waals surface area contributed by atoms with Gasteiger partial charge in [-0.2, -0.15) is 0 Å². The average Bonchev–Trinajstić information content (AvgIpc) is 2.60. The number of carboxylic acids is 1. The average molecular weight is 354 g/mol. The SMILES string of the molecule is CC(=O)NCc1ccc(-c2ccc(C[C@H](NC(C)=O)C(=O)O)cc2)cc1. The second-order valence-corrected chi connectivity index (χ2v) is 6.10. The van der Waals surface area contributed by atoms with Gasteiger partial charge in [0.25, 0.3) is 0 Å². The number of amides is 2. The molecule has 1 atom stereocenters. The largest absolute Gasteiger partial charge is 0.480 e. The Balaban J connectivity index is 2.05. The van der Waals surface area contributed by atoms with Crippen LogP contribution in [0.3, 0.4) is 0 Å². The molecule has 2 rings (SSSR count). The summed E-state index contributed by atoms with van der Waals surface area (Å²) in [7, 11) is 0. The fourth-order valence-electron chi connectivity index (χ4n) is 2.56. The topological polar surface area (TPSA) is 95.5 Å². The van der Waals surface area contributed by atoms with Gasteiger partial charge >= 0.3 is 5.97 Å². The molecular weight excluding hydrogens is 332 g/mol. The normalized spacial score (nSPS) is 11.5. The van der Waals surface area contributed by atoms with E-state index >= 15 is 0 Å². The molecule has 0 aliphatic heterocycles. The van der Waals surface area contributed by atoms with Crippen LogP contribution in [0.25, 0.3) is 11.1 Å². The number of rotatable bonds is 7. The highest BCUT2D eigenvalue weighted by Crippen LogP contribution is 2.21. The number of hydrogen-bond donors (Lipinski definition) is 3. The van der Waals surface area contributed by atoms with Crippen LogP contribution in [0, 0.1) is 0 Å². The number of carbonyl (C=O) groups excluding carboxylic acids is 2. The van der Waals surface area contributed by atoms with Gasteiger partial charge < -0.3 is 15.7 Å². The molecule has 0 aliphatic rings. The smallest absolute Gasteiger partial charge is 0.326 e. The predicted octanol–water partition coefficient (Wildman–Crippen LogP) is 2.12. The number of hydrogen-bond acceptors (Lipinski definition) is 3. The van der Waals surface area contributed by atoms with E-state index in [0.29, 0.717) is 6.54 Å². The number of nitrogens with one attached hydrogen (secondary N) is 2. The van der Waals surface area contributed by atoms with Crippen molar-refractivity contribution in [2.45, 2.75) is 32.9 Å². The zero-order chi connectivity index (χ0) is 19.1. The van der Waals surface area contributed by atoms with E-state index in [9.17, 15) is 19.5 Å². The molecule has 0 aromatic heterocycles. The molecule has 2 aromatic carbocycles. The van der Waals surface area contributed by atoms with Crippen LogP contribution in [0.4, 0.5) is 0 Å². The molecule has 0 fully saturated rings. The number of carbonyl (C=O) groups is 3. The third kappa shape index (κ3) is 5.73. The van der Waals surface area contributed by atoms with Gasteiger partial charge in [0.05, 0.1) is 0 Å². The first-order chi connectivity index (χ1) is 12.3. The van der Waals surface area contributed by atoms with Crippen LogP contribution in [-0.4, -0.2) is 28.9 Å². The van der Waals surface area contributed by atoms with Gasteiger partial charge in [-0.15, -0.1) is 0 Å². The van der Waals surface area contributed by atoms with Gasteiger partial charge in [-0.3, -0.25) is 9.59 Å². The summed E-state index contributed by atoms with van der Waals surface area (Å²) in [6.45, 7) is 3.28. The van der Waals surface area contributed by atoms with Gasteiger partial charge in [-0.1, -0.05) is 48.5 Å². The third-order valence-corrected chi connectivity index (χ3v) is 3.90. The highest BCUT2D eigenvalue weighted by atomic mass is 16.4. The van der Waals surface area contributed by atoms with Crippen molar-refractivity contribution in [3.8, 4) is 11.1 Å². The quantitative estimate of drug-likeness (QED) is 0.710. The molecule has 0 unspecified atom stereocenters. The minimum atomic E-state index is -1.06. The van der Waals surface area contributed by atoms with Crippen LogP contribution in [0.2, 0.25) is 0 Å². The van der Waals surface area contributed by atoms with Crippen molar-refractivity contribution in [2.24, 2.45) is 0 Å². The molecule has 0 radical (unpaired) electrons. The lowest BCUT2D eigenvalue weighted by atomic mass is 10.00. The second-order valence-electron chi connectivity index (χ2n) is 6.10. The van der Waals surface area contributed by atoms with Crippen molar-refractivity contribution in [1.29, 1.82) is 0 Å². The summed E-state index contributed by atoms with van der Waals surface area (Å²) in [4.78, 5) is 33.3. The van der Waals surface area contributed by atoms with Crippen molar-refractivity contribution < 1.29 is 19.5 Å². The molecule has 0 saturated heterocycles. The Morgan fingerprint density at radius 1 is 0.846 bits per heavy atom. The Morgan fingerprint density at radius 2 is 1.35 bits per heavy atom. The fraction of sp³-hybridized carbons (Fsp3) is 0.250. The van der Waals surface area contributed by atoms with Crippen LogP contribution < -0.4 is 10.6 Å². The first kappa shape index (κ1) is 19.2. The third-order valence-electron chi connectivity index (χ3n) is 3.90. The molecule has 0 bridgehead atoms. The van der Waals surface area contributed by atoms with Crippen LogP contribution in [-0.2, 0) is 27.3 Å². The number of aliphatic carboxylic acids is 1. The van der Waals surface area contributed by atoms with Gasteiger partial charge in [0.1, 0.15) is 6.04 Å². The van der Waals surface area contributed by atoms with Gasteiger partial charge in [0.15, 0.2) is 0 Å². The Bertz CT molecular complexity index is 782. The molecule has 0 heterocycles. The van der Waals surface area contributed by atoms with Crippen molar-refractivity contribution in [3.05, 3.63) is 59.7 Å². The van der Waals surface area contributed by atoms with E-state index in [-0.39, 0.29) is 18.2 Å². The maximum atomic E-state index is 11.2. The van der Waals surface area contributed by atoms with Gasteiger partial charge in [0, 0.05) is 26.8 Å². The van der Waals surface area contributed by atoms with Crippen molar-refractivity contribution in [3.63, 3.8) is 0 Å². The molecule has 3 N–H and O–H groups in total. The van der Waals surface area contributed by atoms with E-state index < -0.39 is 12.0 Å². The minimum Gasteiger partial charge on any atom is -0.480 e. The summed E-state index contributed by atoms with van der Waals surface area (Å²) >= 11 is 0. The molecular formula is C20H22N2O4. The van der Waals surface area contributed by atoms with Crippen molar-refractivity contribution in [1.82, 2.24) is 10.6 Å². The lowest BCUT2D eigenvalue weighted by Gasteiger charge is -2.13. The first-order valence-electron chi connectivity index (χ1n) is 8.27. The molecule has 2 amide bonds. The zero-order valence-electron chi connectivity index (χ0n) is 14.8. The fourth-order valence-corrected chi connectivity index (χ4v) is 2.56. The van der Waals surface area contributed by atoms with Crippen molar-refractivity contribution >= 4 is 17.8 Å². The lowest BCUT2D eigenvalue weighted by molar-refractivity contribution is -0.141. The van der Waals surface area contributed by atoms with E-state index in [0.717, 1.165) is 22.3 Å². The molecule has 26 heavy (non-hydrogen) atoms. The van der Waals surface area contributed by atoms with E-state index in [1.165, 1.54) is 13.8 Å². The summed E-state index contributed by atoms with van der Waals surface area (Å²) in [5.74, 6) is -1.49. The number of carboxylic acid groups (broad SMARTS) is 1. The molecule has 0 spiro atoms. The zero-order valence-corrected chi connectivity index (χ0v) is 14.8. The molecule has 2 aromatic rings. The highest BCUT2D eigenvalue weighted by molar-refractivity contribution is 5.82. The minimum absolute atomic E-state index is 0.0661. The highest BCUT2D eigenvalue weighted by Gasteiger charge is 2.18. The van der Waals surface area contributed by atoms with E-state index in [4.69, 9.17) is 0 Å². The van der Waals surface area contributed by atoms with Gasteiger partial charge in [0.2, 0.25) is 11.8 Å². The Morgan fingerprint density at radius 3 is 1.77 bits per heavy atom.